The summed E-state index contributed by atoms with van der Waals surface area (Å²) in [4.78, 5) is 7.44. The quantitative estimate of drug-likeness (QED) is 0.643. The van der Waals surface area contributed by atoms with Crippen LogP contribution in [-0.4, -0.2) is 30.4 Å². The molecule has 0 aromatic carbocycles. The monoisotopic (exact) mass is 250 g/mol. The van der Waals surface area contributed by atoms with Crippen LogP contribution < -0.4 is 0 Å². The van der Waals surface area contributed by atoms with E-state index in [4.69, 9.17) is 4.99 Å². The molecule has 1 fully saturated rings. The Kier molecular flexibility index (Phi) is 6.02. The van der Waals surface area contributed by atoms with Crippen molar-refractivity contribution in [1.82, 2.24) is 4.90 Å². The summed E-state index contributed by atoms with van der Waals surface area (Å²) in [5.41, 5.74) is 0. The van der Waals surface area contributed by atoms with Crippen molar-refractivity contribution in [2.75, 3.05) is 19.6 Å². The predicted molar refractivity (Wildman–Crippen MR) is 79.2 cm³/mol. The number of aliphatic imine (C=N–C) groups is 1. The maximum Gasteiger partial charge on any atom is 0.102 e. The number of hydrogen-bond donors (Lipinski definition) is 0. The highest BCUT2D eigenvalue weighted by Crippen LogP contribution is 2.26. The topological polar surface area (TPSA) is 15.6 Å². The minimum atomic E-state index is 0.787. The molecule has 0 saturated carbocycles. The SMILES string of the molecule is CCCCCCCC1CCCCN2CCCN=C12. The number of nitrogens with zero attached hydrogens (tertiary/aromatic N) is 2. The molecule has 2 rings (SSSR count). The van der Waals surface area contributed by atoms with E-state index in [1.54, 1.807) is 0 Å². The molecular weight excluding hydrogens is 220 g/mol. The van der Waals surface area contributed by atoms with Crippen LogP contribution in [0.25, 0.3) is 0 Å². The third kappa shape index (κ3) is 4.00. The van der Waals surface area contributed by atoms with Crippen LogP contribution in [0.3, 0.4) is 0 Å². The van der Waals surface area contributed by atoms with Crippen LogP contribution in [0.5, 0.6) is 0 Å². The van der Waals surface area contributed by atoms with Gasteiger partial charge in [0.2, 0.25) is 0 Å². The highest BCUT2D eigenvalue weighted by molar-refractivity contribution is 5.85. The van der Waals surface area contributed by atoms with E-state index in [2.05, 4.69) is 11.8 Å². The van der Waals surface area contributed by atoms with Crippen molar-refractivity contribution in [3.8, 4) is 0 Å². The normalized spacial score (nSPS) is 24.4. The Morgan fingerprint density at radius 2 is 1.89 bits per heavy atom. The molecule has 2 heteroatoms. The minimum absolute atomic E-state index is 0.787. The average Bonchev–Trinajstić information content (AvgIpc) is 2.61. The predicted octanol–water partition coefficient (Wildman–Crippen LogP) is 4.25. The molecule has 0 aromatic rings. The van der Waals surface area contributed by atoms with Crippen LogP contribution in [0.4, 0.5) is 0 Å². The van der Waals surface area contributed by atoms with Crippen LogP contribution in [0, 0.1) is 5.92 Å². The number of amidine groups is 1. The molecule has 1 saturated heterocycles. The van der Waals surface area contributed by atoms with Gasteiger partial charge in [0.05, 0.1) is 0 Å². The number of fused-ring (bicyclic) bond motifs is 1. The van der Waals surface area contributed by atoms with Crippen LogP contribution in [0.1, 0.15) is 71.1 Å². The molecule has 0 aliphatic carbocycles. The van der Waals surface area contributed by atoms with Crippen molar-refractivity contribution in [2.24, 2.45) is 10.9 Å². The number of hydrogen-bond acceptors (Lipinski definition) is 2. The Bertz CT molecular complexity index is 260. The smallest absolute Gasteiger partial charge is 0.102 e. The Hall–Kier alpha value is -0.530. The fraction of sp³-hybridized carbons (Fsp3) is 0.938. The van der Waals surface area contributed by atoms with Gasteiger partial charge in [-0.2, -0.15) is 0 Å². The molecule has 0 radical (unpaired) electrons. The van der Waals surface area contributed by atoms with Crippen molar-refractivity contribution in [3.05, 3.63) is 0 Å². The lowest BCUT2D eigenvalue weighted by molar-refractivity contribution is 0.378. The first kappa shape index (κ1) is 13.9. The lowest BCUT2D eigenvalue weighted by Gasteiger charge is -2.31. The summed E-state index contributed by atoms with van der Waals surface area (Å²) >= 11 is 0. The second kappa shape index (κ2) is 7.81. The lowest BCUT2D eigenvalue weighted by atomic mass is 9.94. The summed E-state index contributed by atoms with van der Waals surface area (Å²) in [6.07, 6.45) is 13.9. The molecule has 1 unspecified atom stereocenters. The van der Waals surface area contributed by atoms with Gasteiger partial charge in [-0.15, -0.1) is 0 Å². The van der Waals surface area contributed by atoms with E-state index in [1.807, 2.05) is 0 Å². The number of unbranched alkanes of at least 4 members (excludes halogenated alkanes) is 4. The minimum Gasteiger partial charge on any atom is -0.360 e. The molecule has 2 nitrogen and oxygen atoms in total. The Morgan fingerprint density at radius 1 is 1.06 bits per heavy atom. The summed E-state index contributed by atoms with van der Waals surface area (Å²) in [5, 5.41) is 0. The molecular formula is C16H30N2. The van der Waals surface area contributed by atoms with Gasteiger partial charge in [0.25, 0.3) is 0 Å². The van der Waals surface area contributed by atoms with Crippen LogP contribution >= 0.6 is 0 Å². The summed E-state index contributed by atoms with van der Waals surface area (Å²) in [6.45, 7) is 5.91. The van der Waals surface area contributed by atoms with Gasteiger partial charge in [-0.25, -0.2) is 0 Å². The summed E-state index contributed by atoms with van der Waals surface area (Å²) in [6, 6.07) is 0. The summed E-state index contributed by atoms with van der Waals surface area (Å²) < 4.78 is 0. The average molecular weight is 250 g/mol. The molecule has 0 aromatic heterocycles. The molecule has 2 aliphatic rings. The van der Waals surface area contributed by atoms with Crippen molar-refractivity contribution in [2.45, 2.75) is 71.1 Å². The largest absolute Gasteiger partial charge is 0.360 e. The van der Waals surface area contributed by atoms with Crippen LogP contribution in [0.15, 0.2) is 4.99 Å². The molecule has 2 heterocycles. The summed E-state index contributed by atoms with van der Waals surface area (Å²) in [7, 11) is 0. The zero-order chi connectivity index (χ0) is 12.6. The van der Waals surface area contributed by atoms with E-state index in [9.17, 15) is 0 Å². The van der Waals surface area contributed by atoms with Gasteiger partial charge in [0, 0.05) is 25.6 Å². The molecule has 18 heavy (non-hydrogen) atoms. The fourth-order valence-corrected chi connectivity index (χ4v) is 3.37. The summed E-state index contributed by atoms with van der Waals surface area (Å²) in [5.74, 6) is 2.27. The van der Waals surface area contributed by atoms with E-state index in [1.165, 1.54) is 83.1 Å². The molecule has 0 amide bonds. The molecule has 0 N–H and O–H groups in total. The van der Waals surface area contributed by atoms with Gasteiger partial charge in [-0.1, -0.05) is 45.4 Å². The van der Waals surface area contributed by atoms with Gasteiger partial charge in [-0.05, 0) is 25.7 Å². The first-order valence-corrected chi connectivity index (χ1v) is 8.21. The standard InChI is InChI=1S/C16H30N2/c1-2-3-4-5-6-10-15-11-7-8-13-18-14-9-12-17-16(15)18/h15H,2-14H2,1H3. The van der Waals surface area contributed by atoms with Gasteiger partial charge in [-0.3, -0.25) is 4.99 Å². The van der Waals surface area contributed by atoms with Crippen LogP contribution in [0.2, 0.25) is 0 Å². The molecule has 0 bridgehead atoms. The second-order valence-corrected chi connectivity index (χ2v) is 5.98. The molecule has 1 atom stereocenters. The molecule has 0 spiro atoms. The van der Waals surface area contributed by atoms with Gasteiger partial charge >= 0.3 is 0 Å². The highest BCUT2D eigenvalue weighted by atomic mass is 15.2. The lowest BCUT2D eigenvalue weighted by Crippen LogP contribution is -2.39. The van der Waals surface area contributed by atoms with Gasteiger partial charge < -0.3 is 4.90 Å². The zero-order valence-corrected chi connectivity index (χ0v) is 12.2. The number of rotatable bonds is 6. The van der Waals surface area contributed by atoms with E-state index < -0.39 is 0 Å². The molecule has 104 valence electrons. The first-order valence-electron chi connectivity index (χ1n) is 8.21. The second-order valence-electron chi connectivity index (χ2n) is 5.98. The third-order valence-electron chi connectivity index (χ3n) is 4.44. The third-order valence-corrected chi connectivity index (χ3v) is 4.44. The zero-order valence-electron chi connectivity index (χ0n) is 12.2. The first-order chi connectivity index (χ1) is 8.92. The van der Waals surface area contributed by atoms with Gasteiger partial charge in [0.1, 0.15) is 5.84 Å². The fourth-order valence-electron chi connectivity index (χ4n) is 3.37. The van der Waals surface area contributed by atoms with Crippen molar-refractivity contribution < 1.29 is 0 Å². The van der Waals surface area contributed by atoms with Crippen molar-refractivity contribution in [1.29, 1.82) is 0 Å². The highest BCUT2D eigenvalue weighted by Gasteiger charge is 2.25. The Labute approximate surface area is 113 Å². The van der Waals surface area contributed by atoms with E-state index in [0.717, 1.165) is 12.5 Å². The Morgan fingerprint density at radius 3 is 2.78 bits per heavy atom. The van der Waals surface area contributed by atoms with Crippen molar-refractivity contribution >= 4 is 5.84 Å². The molecule has 2 aliphatic heterocycles. The van der Waals surface area contributed by atoms with E-state index >= 15 is 0 Å². The Balaban J connectivity index is 1.79. The van der Waals surface area contributed by atoms with Gasteiger partial charge in [0.15, 0.2) is 0 Å². The van der Waals surface area contributed by atoms with E-state index in [-0.39, 0.29) is 0 Å². The van der Waals surface area contributed by atoms with Crippen molar-refractivity contribution in [3.63, 3.8) is 0 Å². The maximum atomic E-state index is 4.85. The van der Waals surface area contributed by atoms with E-state index in [0.29, 0.717) is 0 Å². The maximum absolute atomic E-state index is 4.85. The van der Waals surface area contributed by atoms with Crippen LogP contribution in [-0.2, 0) is 0 Å².